The van der Waals surface area contributed by atoms with Crippen LogP contribution in [0.25, 0.3) is 0 Å². The minimum atomic E-state index is -3.81. The largest absolute Gasteiger partial charge is 0.456 e. The summed E-state index contributed by atoms with van der Waals surface area (Å²) >= 11 is 5.56. The fourth-order valence-corrected chi connectivity index (χ4v) is 3.36. The lowest BCUT2D eigenvalue weighted by molar-refractivity contribution is 0.0546. The first kappa shape index (κ1) is 19.0. The predicted molar refractivity (Wildman–Crippen MR) is 98.5 cm³/mol. The molecule has 2 aromatic carbocycles. The molecule has 5 nitrogen and oxygen atoms in total. The van der Waals surface area contributed by atoms with Gasteiger partial charge in [0.25, 0.3) is 10.0 Å². The molecule has 0 aliphatic heterocycles. The molecule has 0 aliphatic rings. The molecule has 7 heteroatoms. The smallest absolute Gasteiger partial charge is 0.338 e. The molecule has 0 radical (unpaired) electrons. The zero-order chi connectivity index (χ0) is 18.6. The molecule has 0 atom stereocenters. The quantitative estimate of drug-likeness (QED) is 0.717. The van der Waals surface area contributed by atoms with Gasteiger partial charge in [-0.1, -0.05) is 41.9 Å². The van der Waals surface area contributed by atoms with Gasteiger partial charge in [0, 0.05) is 12.1 Å². The van der Waals surface area contributed by atoms with E-state index < -0.39 is 16.0 Å². The van der Waals surface area contributed by atoms with Gasteiger partial charge in [-0.3, -0.25) is 4.31 Å². The van der Waals surface area contributed by atoms with Crippen LogP contribution in [-0.4, -0.2) is 28.0 Å². The number of rotatable bonds is 6. The van der Waals surface area contributed by atoms with Gasteiger partial charge in [-0.2, -0.15) is 0 Å². The van der Waals surface area contributed by atoms with Gasteiger partial charge in [-0.05, 0) is 37.3 Å². The van der Waals surface area contributed by atoms with Crippen LogP contribution in [0.3, 0.4) is 0 Å². The Hall–Kier alpha value is -2.31. The molecule has 0 heterocycles. The Morgan fingerprint density at radius 1 is 1.20 bits per heavy atom. The normalized spacial score (nSPS) is 11.0. The van der Waals surface area contributed by atoms with Crippen molar-refractivity contribution in [2.24, 2.45) is 0 Å². The zero-order valence-electron chi connectivity index (χ0n) is 13.9. The molecule has 0 saturated heterocycles. The topological polar surface area (TPSA) is 63.7 Å². The fraction of sp³-hybridized carbons (Fsp3) is 0.167. The third-order valence-corrected chi connectivity index (χ3v) is 5.38. The number of hydrogen-bond donors (Lipinski definition) is 0. The van der Waals surface area contributed by atoms with Gasteiger partial charge >= 0.3 is 5.97 Å². The van der Waals surface area contributed by atoms with Crippen molar-refractivity contribution in [3.05, 3.63) is 71.3 Å². The average molecular weight is 380 g/mol. The van der Waals surface area contributed by atoms with Gasteiger partial charge in [0.15, 0.2) is 0 Å². The molecule has 0 aromatic heterocycles. The Bertz CT molecular complexity index is 892. The van der Waals surface area contributed by atoms with Crippen LogP contribution in [0.2, 0.25) is 0 Å². The van der Waals surface area contributed by atoms with Crippen LogP contribution in [0.15, 0.2) is 65.0 Å². The summed E-state index contributed by atoms with van der Waals surface area (Å²) in [7, 11) is -2.35. The summed E-state index contributed by atoms with van der Waals surface area (Å²) in [4.78, 5) is 12.0. The number of sulfonamides is 1. The Morgan fingerprint density at radius 2 is 1.84 bits per heavy atom. The lowest BCUT2D eigenvalue weighted by Gasteiger charge is -2.20. The number of anilines is 1. The molecule has 0 unspecified atom stereocenters. The summed E-state index contributed by atoms with van der Waals surface area (Å²) in [6.45, 7) is 5.21. The summed E-state index contributed by atoms with van der Waals surface area (Å²) in [6, 6.07) is 12.8. The van der Waals surface area contributed by atoms with E-state index in [1.54, 1.807) is 12.1 Å². The highest BCUT2D eigenvalue weighted by molar-refractivity contribution is 7.92. The Balaban J connectivity index is 2.30. The first-order valence-electron chi connectivity index (χ1n) is 7.38. The van der Waals surface area contributed by atoms with Crippen LogP contribution in [0.1, 0.15) is 15.9 Å². The predicted octanol–water partition coefficient (Wildman–Crippen LogP) is 3.73. The molecular formula is C18H18ClNO4S. The number of aryl methyl sites for hydroxylation is 1. The van der Waals surface area contributed by atoms with Gasteiger partial charge in [0.1, 0.15) is 6.61 Å². The van der Waals surface area contributed by atoms with Crippen molar-refractivity contribution in [3.8, 4) is 0 Å². The SMILES string of the molecule is C=C(Cl)COC(=O)c1cccc(S(=O)(=O)N(C)c2ccc(C)cc2)c1. The highest BCUT2D eigenvalue weighted by atomic mass is 35.5. The molecule has 0 saturated carbocycles. The van der Waals surface area contributed by atoms with Crippen LogP contribution in [0.5, 0.6) is 0 Å². The van der Waals surface area contributed by atoms with Crippen LogP contribution >= 0.6 is 11.6 Å². The third-order valence-electron chi connectivity index (χ3n) is 3.49. The number of esters is 1. The molecule has 25 heavy (non-hydrogen) atoms. The molecule has 0 amide bonds. The van der Waals surface area contributed by atoms with Gasteiger partial charge in [-0.25, -0.2) is 13.2 Å². The van der Waals surface area contributed by atoms with E-state index in [9.17, 15) is 13.2 Å². The molecule has 0 fully saturated rings. The third kappa shape index (κ3) is 4.61. The fourth-order valence-electron chi connectivity index (χ4n) is 2.06. The van der Waals surface area contributed by atoms with E-state index in [4.69, 9.17) is 16.3 Å². The van der Waals surface area contributed by atoms with Gasteiger partial charge < -0.3 is 4.74 Å². The monoisotopic (exact) mass is 379 g/mol. The van der Waals surface area contributed by atoms with E-state index >= 15 is 0 Å². The van der Waals surface area contributed by atoms with E-state index in [2.05, 4.69) is 6.58 Å². The van der Waals surface area contributed by atoms with E-state index in [0.717, 1.165) is 9.87 Å². The molecule has 0 aliphatic carbocycles. The summed E-state index contributed by atoms with van der Waals surface area (Å²) in [5.41, 5.74) is 1.67. The average Bonchev–Trinajstić information content (AvgIpc) is 2.59. The second kappa shape index (κ2) is 7.72. The standard InChI is InChI=1S/C18H18ClNO4S/c1-13-7-9-16(10-8-13)20(3)25(22,23)17-6-4-5-15(11-17)18(21)24-12-14(2)19/h4-11H,2,12H2,1,3H3. The Kier molecular flexibility index (Phi) is 5.87. The molecule has 2 rings (SSSR count). The first-order valence-corrected chi connectivity index (χ1v) is 9.19. The number of carbonyl (C=O) groups is 1. The van der Waals surface area contributed by atoms with Crippen LogP contribution in [-0.2, 0) is 14.8 Å². The number of halogens is 1. The van der Waals surface area contributed by atoms with Gasteiger partial charge in [0.05, 0.1) is 16.1 Å². The lowest BCUT2D eigenvalue weighted by atomic mass is 10.2. The Morgan fingerprint density at radius 3 is 2.44 bits per heavy atom. The summed E-state index contributed by atoms with van der Waals surface area (Å²) < 4.78 is 31.7. The summed E-state index contributed by atoms with van der Waals surface area (Å²) in [5, 5.41) is 0.177. The number of carbonyl (C=O) groups excluding carboxylic acids is 1. The first-order chi connectivity index (χ1) is 11.7. The van der Waals surface area contributed by atoms with Crippen LogP contribution in [0.4, 0.5) is 5.69 Å². The maximum Gasteiger partial charge on any atom is 0.338 e. The maximum absolute atomic E-state index is 12.8. The van der Waals surface area contributed by atoms with Crippen molar-refractivity contribution in [2.75, 3.05) is 18.0 Å². The minimum Gasteiger partial charge on any atom is -0.456 e. The van der Waals surface area contributed by atoms with Crippen LogP contribution < -0.4 is 4.31 Å². The van der Waals surface area contributed by atoms with Crippen molar-refractivity contribution < 1.29 is 17.9 Å². The number of benzene rings is 2. The van der Waals surface area contributed by atoms with Crippen molar-refractivity contribution in [1.29, 1.82) is 0 Å². The van der Waals surface area contributed by atoms with Crippen LogP contribution in [0, 0.1) is 6.92 Å². The lowest BCUT2D eigenvalue weighted by Crippen LogP contribution is -2.26. The summed E-state index contributed by atoms with van der Waals surface area (Å²) in [5.74, 6) is -0.670. The highest BCUT2D eigenvalue weighted by Gasteiger charge is 2.22. The van der Waals surface area contributed by atoms with Gasteiger partial charge in [0.2, 0.25) is 0 Å². The van der Waals surface area contributed by atoms with E-state index in [1.165, 1.54) is 31.3 Å². The molecular weight excluding hydrogens is 362 g/mol. The minimum absolute atomic E-state index is 0.00488. The van der Waals surface area contributed by atoms with Crippen molar-refractivity contribution in [2.45, 2.75) is 11.8 Å². The maximum atomic E-state index is 12.8. The van der Waals surface area contributed by atoms with Crippen molar-refractivity contribution in [3.63, 3.8) is 0 Å². The molecule has 0 spiro atoms. The van der Waals surface area contributed by atoms with E-state index in [0.29, 0.717) is 5.69 Å². The second-order valence-electron chi connectivity index (χ2n) is 5.43. The Labute approximate surface area is 152 Å². The highest BCUT2D eigenvalue weighted by Crippen LogP contribution is 2.23. The van der Waals surface area contributed by atoms with Crippen molar-refractivity contribution >= 4 is 33.3 Å². The number of hydrogen-bond acceptors (Lipinski definition) is 4. The van der Waals surface area contributed by atoms with E-state index in [1.807, 2.05) is 19.1 Å². The number of ether oxygens (including phenoxy) is 1. The zero-order valence-corrected chi connectivity index (χ0v) is 15.5. The molecule has 0 N–H and O–H groups in total. The number of nitrogens with zero attached hydrogens (tertiary/aromatic N) is 1. The summed E-state index contributed by atoms with van der Waals surface area (Å²) in [6.07, 6.45) is 0. The molecule has 0 bridgehead atoms. The second-order valence-corrected chi connectivity index (χ2v) is 7.93. The molecule has 2 aromatic rings. The van der Waals surface area contributed by atoms with Gasteiger partial charge in [-0.15, -0.1) is 0 Å². The molecule has 132 valence electrons. The van der Waals surface area contributed by atoms with E-state index in [-0.39, 0.29) is 22.1 Å². The van der Waals surface area contributed by atoms with Crippen molar-refractivity contribution in [1.82, 2.24) is 0 Å².